The van der Waals surface area contributed by atoms with Crippen LogP contribution in [-0.2, 0) is 20.9 Å². The van der Waals surface area contributed by atoms with E-state index in [0.29, 0.717) is 12.2 Å². The third kappa shape index (κ3) is 4.58. The molecule has 0 bridgehead atoms. The molecule has 1 saturated heterocycles. The maximum Gasteiger partial charge on any atom is 0.341 e. The van der Waals surface area contributed by atoms with Gasteiger partial charge in [-0.2, -0.15) is 0 Å². The number of nitrogens with zero attached hydrogens (tertiary/aromatic N) is 2. The van der Waals surface area contributed by atoms with Crippen LogP contribution in [0.15, 0.2) is 48.9 Å². The van der Waals surface area contributed by atoms with Crippen molar-refractivity contribution in [1.29, 1.82) is 0 Å². The highest BCUT2D eigenvalue weighted by Crippen LogP contribution is 2.25. The zero-order valence-corrected chi connectivity index (χ0v) is 15.7. The van der Waals surface area contributed by atoms with E-state index in [1.807, 2.05) is 36.4 Å². The molecule has 6 nitrogen and oxygen atoms in total. The summed E-state index contributed by atoms with van der Waals surface area (Å²) < 4.78 is 15.9. The van der Waals surface area contributed by atoms with Gasteiger partial charge in [-0.15, -0.1) is 0 Å². The smallest absolute Gasteiger partial charge is 0.341 e. The second-order valence-corrected chi connectivity index (χ2v) is 6.25. The lowest BCUT2D eigenvalue weighted by Crippen LogP contribution is -2.18. The van der Waals surface area contributed by atoms with E-state index in [-0.39, 0.29) is 0 Å². The van der Waals surface area contributed by atoms with E-state index in [2.05, 4.69) is 9.88 Å². The SMILES string of the molecule is CO/C=C(/C(=O)OC)c1ccccc1COc1ccnc(N2CCCC2)c1. The van der Waals surface area contributed by atoms with E-state index in [1.165, 1.54) is 33.3 Å². The van der Waals surface area contributed by atoms with Crippen molar-refractivity contribution in [3.05, 3.63) is 60.0 Å². The van der Waals surface area contributed by atoms with E-state index in [9.17, 15) is 4.79 Å². The first-order valence-corrected chi connectivity index (χ1v) is 8.96. The highest BCUT2D eigenvalue weighted by molar-refractivity contribution is 6.16. The summed E-state index contributed by atoms with van der Waals surface area (Å²) in [6.07, 6.45) is 5.55. The van der Waals surface area contributed by atoms with Crippen molar-refractivity contribution in [2.24, 2.45) is 0 Å². The van der Waals surface area contributed by atoms with Crippen LogP contribution < -0.4 is 9.64 Å². The number of anilines is 1. The Bertz CT molecular complexity index is 813. The topological polar surface area (TPSA) is 60.9 Å². The van der Waals surface area contributed by atoms with Crippen LogP contribution in [0.4, 0.5) is 5.82 Å². The third-order valence-corrected chi connectivity index (χ3v) is 4.49. The van der Waals surface area contributed by atoms with Crippen molar-refractivity contribution >= 4 is 17.4 Å². The fourth-order valence-corrected chi connectivity index (χ4v) is 3.13. The second-order valence-electron chi connectivity index (χ2n) is 6.25. The van der Waals surface area contributed by atoms with Crippen LogP contribution in [0.5, 0.6) is 5.75 Å². The Labute approximate surface area is 159 Å². The number of rotatable bonds is 7. The Balaban J connectivity index is 1.78. The molecule has 1 aliphatic rings. The number of aromatic nitrogens is 1. The molecule has 2 heterocycles. The number of benzene rings is 1. The highest BCUT2D eigenvalue weighted by atomic mass is 16.5. The lowest BCUT2D eigenvalue weighted by atomic mass is 10.0. The molecule has 6 heteroatoms. The molecule has 1 aliphatic heterocycles. The number of hydrogen-bond donors (Lipinski definition) is 0. The van der Waals surface area contributed by atoms with Gasteiger partial charge in [-0.1, -0.05) is 24.3 Å². The Kier molecular flexibility index (Phi) is 6.30. The van der Waals surface area contributed by atoms with Crippen LogP contribution in [0.2, 0.25) is 0 Å². The van der Waals surface area contributed by atoms with E-state index in [0.717, 1.165) is 35.8 Å². The summed E-state index contributed by atoms with van der Waals surface area (Å²) in [4.78, 5) is 18.8. The second kappa shape index (κ2) is 9.07. The standard InChI is InChI=1S/C21H24N2O4/c1-25-15-19(21(24)26-2)18-8-4-3-7-16(18)14-27-17-9-10-22-20(13-17)23-11-5-6-12-23/h3-4,7-10,13,15H,5-6,11-12,14H2,1-2H3/b19-15+. The zero-order valence-electron chi connectivity index (χ0n) is 15.7. The number of ether oxygens (including phenoxy) is 3. The van der Waals surface area contributed by atoms with Gasteiger partial charge in [0, 0.05) is 25.4 Å². The molecule has 27 heavy (non-hydrogen) atoms. The van der Waals surface area contributed by atoms with E-state index in [1.54, 1.807) is 6.20 Å². The molecule has 0 radical (unpaired) electrons. The highest BCUT2D eigenvalue weighted by Gasteiger charge is 2.17. The average molecular weight is 368 g/mol. The van der Waals surface area contributed by atoms with Crippen molar-refractivity contribution < 1.29 is 19.0 Å². The monoisotopic (exact) mass is 368 g/mol. The average Bonchev–Trinajstić information content (AvgIpc) is 3.25. The maximum atomic E-state index is 12.1. The first-order valence-electron chi connectivity index (χ1n) is 8.96. The maximum absolute atomic E-state index is 12.1. The number of pyridine rings is 1. The van der Waals surface area contributed by atoms with Crippen molar-refractivity contribution in [1.82, 2.24) is 4.98 Å². The summed E-state index contributed by atoms with van der Waals surface area (Å²) in [6.45, 7) is 2.38. The Morgan fingerprint density at radius 1 is 1.19 bits per heavy atom. The van der Waals surface area contributed by atoms with Crippen LogP contribution >= 0.6 is 0 Å². The van der Waals surface area contributed by atoms with Gasteiger partial charge in [-0.25, -0.2) is 9.78 Å². The lowest BCUT2D eigenvalue weighted by Gasteiger charge is -2.17. The molecule has 142 valence electrons. The van der Waals surface area contributed by atoms with Crippen molar-refractivity contribution in [3.8, 4) is 5.75 Å². The van der Waals surface area contributed by atoms with Crippen LogP contribution in [0, 0.1) is 0 Å². The van der Waals surface area contributed by atoms with Gasteiger partial charge in [0.05, 0.1) is 20.5 Å². The van der Waals surface area contributed by atoms with Gasteiger partial charge < -0.3 is 19.1 Å². The van der Waals surface area contributed by atoms with E-state index >= 15 is 0 Å². The Morgan fingerprint density at radius 3 is 2.70 bits per heavy atom. The molecule has 3 rings (SSSR count). The van der Waals surface area contributed by atoms with Crippen LogP contribution in [0.25, 0.3) is 5.57 Å². The quantitative estimate of drug-likeness (QED) is 0.424. The molecule has 0 atom stereocenters. The largest absolute Gasteiger partial charge is 0.503 e. The summed E-state index contributed by atoms with van der Waals surface area (Å²) in [5.41, 5.74) is 1.94. The van der Waals surface area contributed by atoms with E-state index in [4.69, 9.17) is 14.2 Å². The molecule has 0 spiro atoms. The molecule has 0 saturated carbocycles. The first-order chi connectivity index (χ1) is 13.2. The summed E-state index contributed by atoms with van der Waals surface area (Å²) in [5, 5.41) is 0. The van der Waals surface area contributed by atoms with Crippen molar-refractivity contribution in [3.63, 3.8) is 0 Å². The molecular formula is C21H24N2O4. The first kappa shape index (κ1) is 18.8. The normalized spacial score (nSPS) is 14.1. The fourth-order valence-electron chi connectivity index (χ4n) is 3.13. The van der Waals surface area contributed by atoms with Crippen molar-refractivity contribution in [2.75, 3.05) is 32.2 Å². The Morgan fingerprint density at radius 2 is 1.96 bits per heavy atom. The minimum Gasteiger partial charge on any atom is -0.503 e. The van der Waals surface area contributed by atoms with Gasteiger partial charge in [0.15, 0.2) is 0 Å². The number of esters is 1. The summed E-state index contributed by atoms with van der Waals surface area (Å²) in [5.74, 6) is 1.23. The molecule has 0 amide bonds. The van der Waals surface area contributed by atoms with E-state index < -0.39 is 5.97 Å². The Hall–Kier alpha value is -3.02. The third-order valence-electron chi connectivity index (χ3n) is 4.49. The number of hydrogen-bond acceptors (Lipinski definition) is 6. The lowest BCUT2D eigenvalue weighted by molar-refractivity contribution is -0.133. The summed E-state index contributed by atoms with van der Waals surface area (Å²) in [6, 6.07) is 11.3. The summed E-state index contributed by atoms with van der Waals surface area (Å²) >= 11 is 0. The predicted molar refractivity (Wildman–Crippen MR) is 103 cm³/mol. The molecule has 1 aromatic heterocycles. The van der Waals surface area contributed by atoms with Gasteiger partial charge in [0.2, 0.25) is 0 Å². The molecule has 0 N–H and O–H groups in total. The van der Waals surface area contributed by atoms with Gasteiger partial charge >= 0.3 is 5.97 Å². The van der Waals surface area contributed by atoms with Gasteiger partial charge in [0.25, 0.3) is 0 Å². The minimum absolute atomic E-state index is 0.317. The molecular weight excluding hydrogens is 344 g/mol. The van der Waals surface area contributed by atoms with Gasteiger partial charge in [-0.3, -0.25) is 0 Å². The molecule has 1 aromatic carbocycles. The molecule has 2 aromatic rings. The van der Waals surface area contributed by atoms with Crippen LogP contribution in [0.1, 0.15) is 24.0 Å². The van der Waals surface area contributed by atoms with Gasteiger partial charge in [-0.05, 0) is 30.0 Å². The fraction of sp³-hybridized carbons (Fsp3) is 0.333. The minimum atomic E-state index is -0.454. The number of methoxy groups -OCH3 is 2. The van der Waals surface area contributed by atoms with Gasteiger partial charge in [0.1, 0.15) is 23.7 Å². The van der Waals surface area contributed by atoms with Crippen LogP contribution in [0.3, 0.4) is 0 Å². The molecule has 0 unspecified atom stereocenters. The molecule has 0 aliphatic carbocycles. The van der Waals surface area contributed by atoms with Crippen LogP contribution in [-0.4, -0.2) is 38.3 Å². The summed E-state index contributed by atoms with van der Waals surface area (Å²) in [7, 11) is 2.85. The molecule has 1 fully saturated rings. The zero-order chi connectivity index (χ0) is 19.1. The van der Waals surface area contributed by atoms with Crippen molar-refractivity contribution in [2.45, 2.75) is 19.4 Å². The predicted octanol–water partition coefficient (Wildman–Crippen LogP) is 3.42. The number of carbonyl (C=O) groups excluding carboxylic acids is 1. The number of carbonyl (C=O) groups is 1.